The van der Waals surface area contributed by atoms with Crippen LogP contribution < -0.4 is 0 Å². The van der Waals surface area contributed by atoms with Crippen molar-refractivity contribution in [1.29, 1.82) is 0 Å². The number of fused-ring (bicyclic) bond motifs is 1. The van der Waals surface area contributed by atoms with Crippen molar-refractivity contribution in [2.75, 3.05) is 0 Å². The molecule has 1 heterocycles. The fourth-order valence-electron chi connectivity index (χ4n) is 1.74. The van der Waals surface area contributed by atoms with Crippen LogP contribution in [0.1, 0.15) is 11.1 Å². The molecule has 0 aliphatic carbocycles. The van der Waals surface area contributed by atoms with Crippen molar-refractivity contribution in [3.63, 3.8) is 0 Å². The summed E-state index contributed by atoms with van der Waals surface area (Å²) < 4.78 is 76.3. The summed E-state index contributed by atoms with van der Waals surface area (Å²) in [6, 6.07) is 0.0175. The van der Waals surface area contributed by atoms with Crippen molar-refractivity contribution < 1.29 is 41.7 Å². The van der Waals surface area contributed by atoms with E-state index >= 15 is 0 Å². The zero-order valence-corrected chi connectivity index (χ0v) is 9.71. The minimum atomic E-state index is -5.23. The summed E-state index contributed by atoms with van der Waals surface area (Å²) in [5.74, 6) is -4.04. The monoisotopic (exact) mass is 313 g/mol. The quantitative estimate of drug-likeness (QED) is 0.652. The Balaban J connectivity index is 2.99. The molecule has 0 aliphatic rings. The van der Waals surface area contributed by atoms with Crippen LogP contribution >= 0.6 is 0 Å². The van der Waals surface area contributed by atoms with Gasteiger partial charge in [-0.1, -0.05) is 0 Å². The van der Waals surface area contributed by atoms with Crippen molar-refractivity contribution >= 4 is 10.9 Å². The number of aromatic nitrogens is 1. The SMILES string of the molecule is Oc1nc2cc(C(F)(F)F)cc(C(F)(F)F)c2c(O)c1O. The molecule has 4 nitrogen and oxygen atoms in total. The molecular formula is C11H5F6NO3. The molecule has 0 fully saturated rings. The molecule has 0 amide bonds. The topological polar surface area (TPSA) is 73.6 Å². The molecule has 0 aliphatic heterocycles. The number of pyridine rings is 1. The van der Waals surface area contributed by atoms with Gasteiger partial charge >= 0.3 is 12.4 Å². The molecule has 21 heavy (non-hydrogen) atoms. The maximum absolute atomic E-state index is 12.8. The van der Waals surface area contributed by atoms with E-state index < -0.39 is 51.8 Å². The van der Waals surface area contributed by atoms with Gasteiger partial charge in [0.2, 0.25) is 5.75 Å². The fraction of sp³-hybridized carbons (Fsp3) is 0.182. The number of hydrogen-bond donors (Lipinski definition) is 3. The molecule has 10 heteroatoms. The number of alkyl halides is 6. The second kappa shape index (κ2) is 4.30. The van der Waals surface area contributed by atoms with Gasteiger partial charge in [-0.2, -0.15) is 26.3 Å². The van der Waals surface area contributed by atoms with Crippen LogP contribution in [0.25, 0.3) is 10.9 Å². The Morgan fingerprint density at radius 3 is 1.86 bits per heavy atom. The number of halogens is 6. The molecule has 0 spiro atoms. The fourth-order valence-corrected chi connectivity index (χ4v) is 1.74. The first-order valence-corrected chi connectivity index (χ1v) is 5.16. The van der Waals surface area contributed by atoms with E-state index in [-0.39, 0.29) is 12.1 Å². The molecular weight excluding hydrogens is 308 g/mol. The predicted octanol–water partition coefficient (Wildman–Crippen LogP) is 3.39. The normalized spacial score (nSPS) is 12.9. The minimum Gasteiger partial charge on any atom is -0.504 e. The van der Waals surface area contributed by atoms with E-state index in [1.807, 2.05) is 0 Å². The van der Waals surface area contributed by atoms with Crippen molar-refractivity contribution in [1.82, 2.24) is 4.98 Å². The lowest BCUT2D eigenvalue weighted by Gasteiger charge is -2.15. The zero-order chi connectivity index (χ0) is 16.2. The van der Waals surface area contributed by atoms with Gasteiger partial charge < -0.3 is 15.3 Å². The second-order valence-electron chi connectivity index (χ2n) is 4.05. The van der Waals surface area contributed by atoms with Crippen LogP contribution in [0.5, 0.6) is 17.4 Å². The lowest BCUT2D eigenvalue weighted by Crippen LogP contribution is -2.11. The summed E-state index contributed by atoms with van der Waals surface area (Å²) in [6.45, 7) is 0. The van der Waals surface area contributed by atoms with Crippen molar-refractivity contribution in [3.05, 3.63) is 23.3 Å². The third kappa shape index (κ3) is 2.48. The molecule has 0 bridgehead atoms. The summed E-state index contributed by atoms with van der Waals surface area (Å²) in [7, 11) is 0. The van der Waals surface area contributed by atoms with Gasteiger partial charge in [0, 0.05) is 0 Å². The van der Waals surface area contributed by atoms with Crippen LogP contribution in [0.3, 0.4) is 0 Å². The molecule has 2 aromatic rings. The van der Waals surface area contributed by atoms with Crippen molar-refractivity contribution in [3.8, 4) is 17.4 Å². The van der Waals surface area contributed by atoms with Crippen LogP contribution in [0, 0.1) is 0 Å². The van der Waals surface area contributed by atoms with Crippen LogP contribution in [0.15, 0.2) is 12.1 Å². The third-order valence-electron chi connectivity index (χ3n) is 2.65. The van der Waals surface area contributed by atoms with Crippen molar-refractivity contribution in [2.45, 2.75) is 12.4 Å². The van der Waals surface area contributed by atoms with Gasteiger partial charge in [-0.15, -0.1) is 0 Å². The number of rotatable bonds is 0. The van der Waals surface area contributed by atoms with E-state index in [1.54, 1.807) is 0 Å². The standard InChI is InChI=1S/C11H5F6NO3/c12-10(13,14)3-1-4(11(15,16)17)6-5(2-3)18-9(21)8(20)7(6)19/h1-2,20H,(H2,18,19,21). The third-order valence-corrected chi connectivity index (χ3v) is 2.65. The number of benzene rings is 1. The van der Waals surface area contributed by atoms with E-state index in [0.717, 1.165) is 0 Å². The van der Waals surface area contributed by atoms with Gasteiger partial charge in [0.15, 0.2) is 5.75 Å². The van der Waals surface area contributed by atoms with E-state index in [0.29, 0.717) is 0 Å². The van der Waals surface area contributed by atoms with E-state index in [1.165, 1.54) is 0 Å². The molecule has 0 saturated heterocycles. The first-order chi connectivity index (χ1) is 9.43. The number of nitrogens with zero attached hydrogens (tertiary/aromatic N) is 1. The number of hydrogen-bond acceptors (Lipinski definition) is 4. The Morgan fingerprint density at radius 1 is 0.810 bits per heavy atom. The van der Waals surface area contributed by atoms with Gasteiger partial charge in [0.05, 0.1) is 22.0 Å². The molecule has 1 aromatic heterocycles. The lowest BCUT2D eigenvalue weighted by atomic mass is 10.0. The molecule has 0 radical (unpaired) electrons. The van der Waals surface area contributed by atoms with Crippen LogP contribution in [-0.4, -0.2) is 20.3 Å². The Hall–Kier alpha value is -2.39. The summed E-state index contributed by atoms with van der Waals surface area (Å²) in [5.41, 5.74) is -4.43. The van der Waals surface area contributed by atoms with E-state index in [9.17, 15) is 36.6 Å². The van der Waals surface area contributed by atoms with Gasteiger partial charge in [0.25, 0.3) is 5.88 Å². The first kappa shape index (κ1) is 15.0. The maximum Gasteiger partial charge on any atom is 0.417 e. The summed E-state index contributed by atoms with van der Waals surface area (Å²) >= 11 is 0. The lowest BCUT2D eigenvalue weighted by molar-refractivity contribution is -0.142. The Bertz CT molecular complexity index is 723. The highest BCUT2D eigenvalue weighted by atomic mass is 19.4. The largest absolute Gasteiger partial charge is 0.504 e. The molecule has 0 saturated carbocycles. The van der Waals surface area contributed by atoms with Gasteiger partial charge in [-0.25, -0.2) is 4.98 Å². The molecule has 2 rings (SSSR count). The van der Waals surface area contributed by atoms with Crippen LogP contribution in [0.2, 0.25) is 0 Å². The number of aromatic hydroxyl groups is 3. The molecule has 0 unspecified atom stereocenters. The highest BCUT2D eigenvalue weighted by molar-refractivity contribution is 5.92. The van der Waals surface area contributed by atoms with E-state index in [2.05, 4.69) is 4.98 Å². The van der Waals surface area contributed by atoms with Gasteiger partial charge in [-0.05, 0) is 12.1 Å². The first-order valence-electron chi connectivity index (χ1n) is 5.16. The van der Waals surface area contributed by atoms with Crippen LogP contribution in [0.4, 0.5) is 26.3 Å². The summed E-state index contributed by atoms with van der Waals surface area (Å²) in [6.07, 6.45) is -10.3. The van der Waals surface area contributed by atoms with Crippen molar-refractivity contribution in [2.24, 2.45) is 0 Å². The predicted molar refractivity (Wildman–Crippen MR) is 56.7 cm³/mol. The second-order valence-corrected chi connectivity index (χ2v) is 4.05. The summed E-state index contributed by atoms with van der Waals surface area (Å²) in [5, 5.41) is 26.6. The van der Waals surface area contributed by atoms with Gasteiger partial charge in [-0.3, -0.25) is 0 Å². The average Bonchev–Trinajstić information content (AvgIpc) is 2.32. The summed E-state index contributed by atoms with van der Waals surface area (Å²) in [4.78, 5) is 3.03. The Labute approximate surface area is 111 Å². The molecule has 114 valence electrons. The van der Waals surface area contributed by atoms with E-state index in [4.69, 9.17) is 5.11 Å². The molecule has 1 aromatic carbocycles. The highest BCUT2D eigenvalue weighted by Crippen LogP contribution is 2.46. The molecule has 0 atom stereocenters. The maximum atomic E-state index is 12.8. The smallest absolute Gasteiger partial charge is 0.417 e. The van der Waals surface area contributed by atoms with Gasteiger partial charge in [0.1, 0.15) is 0 Å². The van der Waals surface area contributed by atoms with Crippen LogP contribution in [-0.2, 0) is 12.4 Å². The highest BCUT2D eigenvalue weighted by Gasteiger charge is 2.39. The average molecular weight is 313 g/mol. The minimum absolute atomic E-state index is 0.208. The Kier molecular flexibility index (Phi) is 3.07. The molecule has 3 N–H and O–H groups in total. The Morgan fingerprint density at radius 2 is 1.38 bits per heavy atom. The zero-order valence-electron chi connectivity index (χ0n) is 9.71.